The highest BCUT2D eigenvalue weighted by Crippen LogP contribution is 2.28. The Labute approximate surface area is 263 Å². The first-order valence-electron chi connectivity index (χ1n) is 14.3. The van der Waals surface area contributed by atoms with Crippen molar-refractivity contribution in [1.29, 1.82) is 0 Å². The van der Waals surface area contributed by atoms with Gasteiger partial charge in [-0.2, -0.15) is 0 Å². The Hall–Kier alpha value is -3.14. The third-order valence-electron chi connectivity index (χ3n) is 7.63. The van der Waals surface area contributed by atoms with E-state index in [4.69, 9.17) is 23.2 Å². The fourth-order valence-electron chi connectivity index (χ4n) is 5.39. The minimum absolute atomic E-state index is 0.000674. The second-order valence-corrected chi connectivity index (χ2v) is 13.6. The number of anilines is 1. The van der Waals surface area contributed by atoms with Crippen LogP contribution in [0.2, 0.25) is 10.0 Å². The highest BCUT2D eigenvalue weighted by Gasteiger charge is 2.33. The van der Waals surface area contributed by atoms with Crippen molar-refractivity contribution in [3.05, 3.63) is 99.8 Å². The minimum atomic E-state index is -3.71. The Morgan fingerprint density at radius 3 is 2.19 bits per heavy atom. The van der Waals surface area contributed by atoms with Crippen LogP contribution in [0.5, 0.6) is 0 Å². The van der Waals surface area contributed by atoms with E-state index in [2.05, 4.69) is 5.32 Å². The van der Waals surface area contributed by atoms with E-state index in [0.717, 1.165) is 41.8 Å². The van der Waals surface area contributed by atoms with Gasteiger partial charge in [0.15, 0.2) is 0 Å². The molecule has 0 aromatic heterocycles. The van der Waals surface area contributed by atoms with Crippen molar-refractivity contribution in [2.24, 2.45) is 0 Å². The van der Waals surface area contributed by atoms with Crippen LogP contribution in [0.1, 0.15) is 49.7 Å². The molecule has 4 rings (SSSR count). The number of nitrogens with zero attached hydrogens (tertiary/aromatic N) is 2. The summed E-state index contributed by atoms with van der Waals surface area (Å²) in [6.07, 6.45) is 5.31. The zero-order chi connectivity index (χ0) is 31.0. The first-order chi connectivity index (χ1) is 20.5. The standard InChI is InChI=1S/C32H36Cl2FN3O4S/c1-43(41,42)38(26-18-16-24(35)17-19-26)20-8-15-31(39)37(22-27-28(33)13-7-14-29(27)34)30(21-23-9-3-2-4-10-23)32(40)36-25-11-5-6-12-25/h2-4,7,9-10,13-14,16-19,25,30H,5-6,8,11-12,15,20-22H2,1H3,(H,36,40)/t30-/m1/s1. The lowest BCUT2D eigenvalue weighted by molar-refractivity contribution is -0.141. The summed E-state index contributed by atoms with van der Waals surface area (Å²) < 4.78 is 39.8. The SMILES string of the molecule is CS(=O)(=O)N(CCCC(=O)N(Cc1c(Cl)cccc1Cl)[C@H](Cc1ccccc1)C(=O)NC1CCCC1)c1ccc(F)cc1. The number of amides is 2. The second kappa shape index (κ2) is 15.0. The zero-order valence-corrected chi connectivity index (χ0v) is 26.3. The highest BCUT2D eigenvalue weighted by atomic mass is 35.5. The Morgan fingerprint density at radius 1 is 0.953 bits per heavy atom. The van der Waals surface area contributed by atoms with Crippen molar-refractivity contribution >= 4 is 50.7 Å². The Balaban J connectivity index is 1.62. The van der Waals surface area contributed by atoms with E-state index in [1.165, 1.54) is 29.2 Å². The van der Waals surface area contributed by atoms with Crippen LogP contribution in [-0.2, 0) is 32.6 Å². The molecule has 3 aromatic carbocycles. The van der Waals surface area contributed by atoms with Gasteiger partial charge >= 0.3 is 0 Å². The van der Waals surface area contributed by atoms with E-state index in [1.54, 1.807) is 18.2 Å². The molecule has 0 bridgehead atoms. The first kappa shape index (κ1) is 32.8. The summed E-state index contributed by atoms with van der Waals surface area (Å²) in [6, 6.07) is 18.9. The van der Waals surface area contributed by atoms with E-state index in [9.17, 15) is 22.4 Å². The Bertz CT molecular complexity index is 1480. The molecule has 0 spiro atoms. The van der Waals surface area contributed by atoms with Crippen LogP contribution in [0.15, 0.2) is 72.8 Å². The van der Waals surface area contributed by atoms with Gasteiger partial charge in [0.1, 0.15) is 11.9 Å². The Kier molecular flexibility index (Phi) is 11.5. The molecule has 0 radical (unpaired) electrons. The van der Waals surface area contributed by atoms with Crippen LogP contribution in [0, 0.1) is 5.82 Å². The summed E-state index contributed by atoms with van der Waals surface area (Å²) in [5.41, 5.74) is 1.71. The van der Waals surface area contributed by atoms with Crippen LogP contribution in [-0.4, -0.2) is 50.0 Å². The van der Waals surface area contributed by atoms with E-state index < -0.39 is 21.9 Å². The molecule has 0 saturated heterocycles. The number of sulfonamides is 1. The number of hydrogen-bond acceptors (Lipinski definition) is 4. The van der Waals surface area contributed by atoms with Gasteiger partial charge in [-0.3, -0.25) is 13.9 Å². The van der Waals surface area contributed by atoms with Crippen molar-refractivity contribution in [3.63, 3.8) is 0 Å². The van der Waals surface area contributed by atoms with E-state index >= 15 is 0 Å². The summed E-state index contributed by atoms with van der Waals surface area (Å²) in [7, 11) is -3.71. The number of nitrogens with one attached hydrogen (secondary N) is 1. The molecule has 230 valence electrons. The molecule has 1 N–H and O–H groups in total. The summed E-state index contributed by atoms with van der Waals surface area (Å²) >= 11 is 13.0. The number of carbonyl (C=O) groups is 2. The minimum Gasteiger partial charge on any atom is -0.352 e. The maximum absolute atomic E-state index is 14.0. The molecule has 1 saturated carbocycles. The Morgan fingerprint density at radius 2 is 1.58 bits per heavy atom. The molecule has 1 fully saturated rings. The van der Waals surface area contributed by atoms with Crippen LogP contribution in [0.4, 0.5) is 10.1 Å². The summed E-state index contributed by atoms with van der Waals surface area (Å²) in [5, 5.41) is 3.90. The summed E-state index contributed by atoms with van der Waals surface area (Å²) in [5.74, 6) is -1.08. The highest BCUT2D eigenvalue weighted by molar-refractivity contribution is 7.92. The maximum Gasteiger partial charge on any atom is 0.243 e. The van der Waals surface area contributed by atoms with Crippen LogP contribution >= 0.6 is 23.2 Å². The lowest BCUT2D eigenvalue weighted by atomic mass is 10.0. The second-order valence-electron chi connectivity index (χ2n) is 10.8. The molecule has 0 heterocycles. The largest absolute Gasteiger partial charge is 0.352 e. The van der Waals surface area contributed by atoms with Crippen molar-refractivity contribution in [3.8, 4) is 0 Å². The molecular formula is C32H36Cl2FN3O4S. The maximum atomic E-state index is 14.0. The first-order valence-corrected chi connectivity index (χ1v) is 16.9. The fourth-order valence-corrected chi connectivity index (χ4v) is 6.87. The molecule has 7 nitrogen and oxygen atoms in total. The molecule has 2 amide bonds. The van der Waals surface area contributed by atoms with Gasteiger partial charge in [0.2, 0.25) is 21.8 Å². The molecule has 0 unspecified atom stereocenters. The van der Waals surface area contributed by atoms with Gasteiger partial charge in [0, 0.05) is 47.6 Å². The third-order valence-corrected chi connectivity index (χ3v) is 9.53. The monoisotopic (exact) mass is 647 g/mol. The van der Waals surface area contributed by atoms with Crippen molar-refractivity contribution in [1.82, 2.24) is 10.2 Å². The third kappa shape index (κ3) is 9.17. The normalized spacial score (nSPS) is 14.3. The summed E-state index contributed by atoms with van der Waals surface area (Å²) in [4.78, 5) is 29.4. The van der Waals surface area contributed by atoms with E-state index in [0.29, 0.717) is 21.3 Å². The van der Waals surface area contributed by atoms with Gasteiger partial charge < -0.3 is 10.2 Å². The molecule has 0 aliphatic heterocycles. The number of benzene rings is 3. The lowest BCUT2D eigenvalue weighted by Gasteiger charge is -2.33. The molecule has 1 atom stereocenters. The van der Waals surface area contributed by atoms with E-state index in [-0.39, 0.29) is 50.2 Å². The number of halogens is 3. The molecular weight excluding hydrogens is 612 g/mol. The van der Waals surface area contributed by atoms with Crippen molar-refractivity contribution < 1.29 is 22.4 Å². The predicted octanol–water partition coefficient (Wildman–Crippen LogP) is 6.38. The fraction of sp³-hybridized carbons (Fsp3) is 0.375. The molecule has 3 aromatic rings. The quantitative estimate of drug-likeness (QED) is 0.233. The average molecular weight is 649 g/mol. The van der Waals surface area contributed by atoms with Crippen LogP contribution < -0.4 is 9.62 Å². The van der Waals surface area contributed by atoms with Crippen molar-refractivity contribution in [2.45, 2.75) is 63.6 Å². The van der Waals surface area contributed by atoms with Gasteiger partial charge in [0.25, 0.3) is 0 Å². The molecule has 1 aliphatic carbocycles. The number of carbonyl (C=O) groups excluding carboxylic acids is 2. The van der Waals surface area contributed by atoms with Crippen LogP contribution in [0.25, 0.3) is 0 Å². The average Bonchev–Trinajstić information content (AvgIpc) is 3.48. The topological polar surface area (TPSA) is 86.8 Å². The summed E-state index contributed by atoms with van der Waals surface area (Å²) in [6.45, 7) is -0.00476. The van der Waals surface area contributed by atoms with Gasteiger partial charge in [-0.25, -0.2) is 12.8 Å². The van der Waals surface area contributed by atoms with Gasteiger partial charge in [-0.15, -0.1) is 0 Å². The molecule has 1 aliphatic rings. The van der Waals surface area contributed by atoms with E-state index in [1.807, 2.05) is 30.3 Å². The smallest absolute Gasteiger partial charge is 0.243 e. The predicted molar refractivity (Wildman–Crippen MR) is 169 cm³/mol. The van der Waals surface area contributed by atoms with Crippen LogP contribution in [0.3, 0.4) is 0 Å². The zero-order valence-electron chi connectivity index (χ0n) is 24.0. The lowest BCUT2D eigenvalue weighted by Crippen LogP contribution is -2.52. The van der Waals surface area contributed by atoms with Gasteiger partial charge in [-0.05, 0) is 61.2 Å². The van der Waals surface area contributed by atoms with Gasteiger partial charge in [0.05, 0.1) is 11.9 Å². The molecule has 43 heavy (non-hydrogen) atoms. The molecule has 11 heteroatoms. The van der Waals surface area contributed by atoms with Crippen molar-refractivity contribution in [2.75, 3.05) is 17.1 Å². The number of hydrogen-bond donors (Lipinski definition) is 1. The van der Waals surface area contributed by atoms with Gasteiger partial charge in [-0.1, -0.05) is 72.4 Å². The number of rotatable bonds is 13.